The molecule has 2 rings (SSSR count). The van der Waals surface area contributed by atoms with Crippen LogP contribution in [-0.4, -0.2) is 24.0 Å². The zero-order chi connectivity index (χ0) is 14.5. The number of benzene rings is 1. The van der Waals surface area contributed by atoms with E-state index in [1.54, 1.807) is 12.1 Å². The molecule has 20 heavy (non-hydrogen) atoms. The third kappa shape index (κ3) is 3.39. The molecule has 0 saturated heterocycles. The van der Waals surface area contributed by atoms with Crippen LogP contribution in [0.4, 0.5) is 4.39 Å². The van der Waals surface area contributed by atoms with Crippen molar-refractivity contribution in [2.24, 2.45) is 11.7 Å². The van der Waals surface area contributed by atoms with Crippen LogP contribution in [0, 0.1) is 11.7 Å². The first kappa shape index (κ1) is 15.5. The van der Waals surface area contributed by atoms with Crippen LogP contribution < -0.4 is 5.73 Å². The second-order valence-corrected chi connectivity index (χ2v) is 5.91. The van der Waals surface area contributed by atoms with Crippen molar-refractivity contribution in [2.45, 2.75) is 51.6 Å². The second-order valence-electron chi connectivity index (χ2n) is 5.91. The minimum Gasteiger partial charge on any atom is -0.330 e. The van der Waals surface area contributed by atoms with Gasteiger partial charge in [-0.2, -0.15) is 0 Å². The van der Waals surface area contributed by atoms with E-state index in [2.05, 4.69) is 18.7 Å². The molecule has 0 radical (unpaired) electrons. The van der Waals surface area contributed by atoms with Gasteiger partial charge in [0.2, 0.25) is 0 Å². The van der Waals surface area contributed by atoms with Crippen molar-refractivity contribution in [1.82, 2.24) is 4.90 Å². The Morgan fingerprint density at radius 3 is 2.50 bits per heavy atom. The summed E-state index contributed by atoms with van der Waals surface area (Å²) in [6.07, 6.45) is 5.09. The summed E-state index contributed by atoms with van der Waals surface area (Å²) in [4.78, 5) is 2.55. The highest BCUT2D eigenvalue weighted by Crippen LogP contribution is 2.33. The van der Waals surface area contributed by atoms with Crippen LogP contribution in [0.1, 0.15) is 51.1 Å². The van der Waals surface area contributed by atoms with Gasteiger partial charge < -0.3 is 5.73 Å². The molecule has 0 aromatic heterocycles. The molecule has 0 bridgehead atoms. The summed E-state index contributed by atoms with van der Waals surface area (Å²) in [6, 6.07) is 7.81. The van der Waals surface area contributed by atoms with Crippen LogP contribution in [0.3, 0.4) is 0 Å². The van der Waals surface area contributed by atoms with E-state index >= 15 is 0 Å². The Labute approximate surface area is 122 Å². The van der Waals surface area contributed by atoms with Crippen LogP contribution in [-0.2, 0) is 0 Å². The lowest BCUT2D eigenvalue weighted by atomic mass is 9.82. The largest absolute Gasteiger partial charge is 0.330 e. The second kappa shape index (κ2) is 7.19. The zero-order valence-corrected chi connectivity index (χ0v) is 12.7. The fourth-order valence-electron chi connectivity index (χ4n) is 3.63. The van der Waals surface area contributed by atoms with Gasteiger partial charge in [-0.15, -0.1) is 0 Å². The van der Waals surface area contributed by atoms with Crippen LogP contribution >= 0.6 is 0 Å². The average molecular weight is 278 g/mol. The van der Waals surface area contributed by atoms with E-state index in [0.29, 0.717) is 18.0 Å². The smallest absolute Gasteiger partial charge is 0.123 e. The zero-order valence-electron chi connectivity index (χ0n) is 12.7. The summed E-state index contributed by atoms with van der Waals surface area (Å²) in [5, 5.41) is 0. The van der Waals surface area contributed by atoms with Crippen molar-refractivity contribution in [2.75, 3.05) is 13.1 Å². The molecule has 3 heteroatoms. The monoisotopic (exact) mass is 278 g/mol. The minimum absolute atomic E-state index is 0.165. The molecule has 112 valence electrons. The van der Waals surface area contributed by atoms with Gasteiger partial charge in [-0.3, -0.25) is 4.90 Å². The average Bonchev–Trinajstić information content (AvgIpc) is 2.49. The molecule has 1 aromatic rings. The Morgan fingerprint density at radius 1 is 1.25 bits per heavy atom. The fraction of sp³-hybridized carbons (Fsp3) is 0.647. The molecule has 1 saturated carbocycles. The molecule has 0 aliphatic heterocycles. The third-order valence-corrected chi connectivity index (χ3v) is 4.81. The molecule has 0 amide bonds. The number of rotatable bonds is 5. The summed E-state index contributed by atoms with van der Waals surface area (Å²) in [7, 11) is 0. The molecule has 1 aliphatic carbocycles. The highest BCUT2D eigenvalue weighted by molar-refractivity contribution is 5.19. The van der Waals surface area contributed by atoms with Crippen molar-refractivity contribution in [3.63, 3.8) is 0 Å². The van der Waals surface area contributed by atoms with Gasteiger partial charge in [-0.25, -0.2) is 4.39 Å². The minimum atomic E-state index is -0.165. The molecule has 1 fully saturated rings. The number of hydrogen-bond donors (Lipinski definition) is 1. The first-order chi connectivity index (χ1) is 9.67. The summed E-state index contributed by atoms with van der Waals surface area (Å²) in [5.74, 6) is 0.438. The number of nitrogens with zero attached hydrogens (tertiary/aromatic N) is 1. The van der Waals surface area contributed by atoms with E-state index in [4.69, 9.17) is 5.73 Å². The maximum Gasteiger partial charge on any atom is 0.123 e. The lowest BCUT2D eigenvalue weighted by Crippen LogP contribution is -2.46. The summed E-state index contributed by atoms with van der Waals surface area (Å²) < 4.78 is 13.1. The normalized spacial score (nSPS) is 24.9. The predicted octanol–water partition coefficient (Wildman–Crippen LogP) is 3.73. The van der Waals surface area contributed by atoms with E-state index < -0.39 is 0 Å². The Kier molecular flexibility index (Phi) is 5.55. The standard InChI is InChI=1S/C17H27FN2/c1-3-20(17-7-5-4-6-15(17)12-19)13(2)14-8-10-16(18)11-9-14/h8-11,13,15,17H,3-7,12,19H2,1-2H3. The summed E-state index contributed by atoms with van der Waals surface area (Å²) in [5.41, 5.74) is 7.16. The lowest BCUT2D eigenvalue weighted by molar-refractivity contribution is 0.0769. The van der Waals surface area contributed by atoms with Gasteiger partial charge in [0.25, 0.3) is 0 Å². The van der Waals surface area contributed by atoms with Gasteiger partial charge >= 0.3 is 0 Å². The summed E-state index contributed by atoms with van der Waals surface area (Å²) >= 11 is 0. The van der Waals surface area contributed by atoms with Crippen molar-refractivity contribution < 1.29 is 4.39 Å². The van der Waals surface area contributed by atoms with Crippen molar-refractivity contribution in [3.8, 4) is 0 Å². The molecule has 2 nitrogen and oxygen atoms in total. The van der Waals surface area contributed by atoms with E-state index in [1.165, 1.54) is 31.2 Å². The molecule has 3 unspecified atom stereocenters. The van der Waals surface area contributed by atoms with Gasteiger partial charge in [0, 0.05) is 12.1 Å². The number of halogens is 1. The molecule has 3 atom stereocenters. The molecule has 1 aromatic carbocycles. The van der Waals surface area contributed by atoms with Crippen LogP contribution in [0.2, 0.25) is 0 Å². The molecule has 0 heterocycles. The highest BCUT2D eigenvalue weighted by atomic mass is 19.1. The number of hydrogen-bond acceptors (Lipinski definition) is 2. The molecular formula is C17H27FN2. The van der Waals surface area contributed by atoms with E-state index in [-0.39, 0.29) is 5.82 Å². The maximum absolute atomic E-state index is 13.1. The van der Waals surface area contributed by atoms with E-state index in [0.717, 1.165) is 13.1 Å². The SMILES string of the molecule is CCN(C(C)c1ccc(F)cc1)C1CCCCC1CN. The van der Waals surface area contributed by atoms with Gasteiger partial charge in [-0.05, 0) is 56.5 Å². The van der Waals surface area contributed by atoms with Crippen molar-refractivity contribution >= 4 is 0 Å². The summed E-state index contributed by atoms with van der Waals surface area (Å²) in [6.45, 7) is 6.22. The molecule has 2 N–H and O–H groups in total. The van der Waals surface area contributed by atoms with Gasteiger partial charge in [0.15, 0.2) is 0 Å². The van der Waals surface area contributed by atoms with Gasteiger partial charge in [0.05, 0.1) is 0 Å². The first-order valence-electron chi connectivity index (χ1n) is 7.88. The third-order valence-electron chi connectivity index (χ3n) is 4.81. The lowest BCUT2D eigenvalue weighted by Gasteiger charge is -2.42. The van der Waals surface area contributed by atoms with Crippen LogP contribution in [0.15, 0.2) is 24.3 Å². The van der Waals surface area contributed by atoms with Crippen molar-refractivity contribution in [1.29, 1.82) is 0 Å². The fourth-order valence-corrected chi connectivity index (χ4v) is 3.63. The van der Waals surface area contributed by atoms with E-state index in [9.17, 15) is 4.39 Å². The maximum atomic E-state index is 13.1. The van der Waals surface area contributed by atoms with E-state index in [1.807, 2.05) is 12.1 Å². The highest BCUT2D eigenvalue weighted by Gasteiger charge is 2.31. The number of nitrogens with two attached hydrogens (primary N) is 1. The van der Waals surface area contributed by atoms with Gasteiger partial charge in [-0.1, -0.05) is 31.9 Å². The van der Waals surface area contributed by atoms with Crippen LogP contribution in [0.25, 0.3) is 0 Å². The first-order valence-corrected chi connectivity index (χ1v) is 7.88. The molecule has 0 spiro atoms. The predicted molar refractivity (Wildman–Crippen MR) is 82.0 cm³/mol. The Balaban J connectivity index is 2.15. The van der Waals surface area contributed by atoms with Crippen molar-refractivity contribution in [3.05, 3.63) is 35.6 Å². The van der Waals surface area contributed by atoms with Crippen LogP contribution in [0.5, 0.6) is 0 Å². The molecule has 1 aliphatic rings. The Hall–Kier alpha value is -0.930. The Morgan fingerprint density at radius 2 is 1.90 bits per heavy atom. The quantitative estimate of drug-likeness (QED) is 0.889. The Bertz CT molecular complexity index is 404. The topological polar surface area (TPSA) is 29.3 Å². The molecular weight excluding hydrogens is 251 g/mol. The van der Waals surface area contributed by atoms with Gasteiger partial charge in [0.1, 0.15) is 5.82 Å².